The Morgan fingerprint density at radius 2 is 1.78 bits per heavy atom. The number of hydrogen-bond donors (Lipinski definition) is 0. The van der Waals surface area contributed by atoms with Gasteiger partial charge in [0.05, 0.1) is 5.56 Å². The van der Waals surface area contributed by atoms with E-state index in [2.05, 4.69) is 21.7 Å². The summed E-state index contributed by atoms with van der Waals surface area (Å²) in [6.45, 7) is 0.735. The predicted molar refractivity (Wildman–Crippen MR) is 89.4 cm³/mol. The van der Waals surface area contributed by atoms with Crippen LogP contribution in [0.2, 0.25) is 0 Å². The minimum Gasteiger partial charge on any atom is -0.342 e. The molecule has 0 aliphatic heterocycles. The van der Waals surface area contributed by atoms with Gasteiger partial charge in [-0.2, -0.15) is 0 Å². The Morgan fingerprint density at radius 1 is 1.00 bits per heavy atom. The largest absolute Gasteiger partial charge is 0.342 e. The van der Waals surface area contributed by atoms with E-state index >= 15 is 0 Å². The highest BCUT2D eigenvalue weighted by molar-refractivity contribution is 6.07. The number of imidazole rings is 1. The van der Waals surface area contributed by atoms with Crippen LogP contribution in [0, 0.1) is 0 Å². The van der Waals surface area contributed by atoms with Crippen molar-refractivity contribution in [3.63, 3.8) is 0 Å². The lowest BCUT2D eigenvalue weighted by atomic mass is 10.1. The van der Waals surface area contributed by atoms with Crippen LogP contribution in [-0.2, 0) is 6.54 Å². The Bertz CT molecular complexity index is 953. The van der Waals surface area contributed by atoms with E-state index in [1.54, 1.807) is 12.4 Å². The van der Waals surface area contributed by atoms with Gasteiger partial charge in [-0.25, -0.2) is 4.98 Å². The van der Waals surface area contributed by atoms with Gasteiger partial charge in [0.2, 0.25) is 0 Å². The Labute approximate surface area is 133 Å². The number of carbonyl (C=O) groups excluding carboxylic acids is 1. The molecule has 0 radical (unpaired) electrons. The van der Waals surface area contributed by atoms with E-state index in [1.807, 2.05) is 48.7 Å². The summed E-state index contributed by atoms with van der Waals surface area (Å²) in [5.74, 6) is -0.0643. The molecule has 2 aromatic heterocycles. The third kappa shape index (κ3) is 2.44. The normalized spacial score (nSPS) is 11.0. The molecule has 0 bridgehead atoms. The van der Waals surface area contributed by atoms with Crippen LogP contribution in [0.1, 0.15) is 15.9 Å². The average Bonchev–Trinajstić information content (AvgIpc) is 3.24. The molecule has 2 heterocycles. The first-order chi connectivity index (χ1) is 11.3. The molecular formula is C19H15N3O. The number of fused-ring (bicyclic) bond motifs is 1. The van der Waals surface area contributed by atoms with Gasteiger partial charge in [-0.05, 0) is 11.6 Å². The van der Waals surface area contributed by atoms with Crippen molar-refractivity contribution in [2.24, 2.45) is 0 Å². The van der Waals surface area contributed by atoms with Crippen molar-refractivity contribution in [3.8, 4) is 0 Å². The van der Waals surface area contributed by atoms with Gasteiger partial charge in [0, 0.05) is 36.0 Å². The zero-order chi connectivity index (χ0) is 15.6. The van der Waals surface area contributed by atoms with E-state index in [9.17, 15) is 4.79 Å². The Balaban J connectivity index is 1.82. The molecule has 0 N–H and O–H groups in total. The van der Waals surface area contributed by atoms with Gasteiger partial charge in [-0.3, -0.25) is 9.36 Å². The quantitative estimate of drug-likeness (QED) is 0.580. The Hall–Kier alpha value is -3.14. The molecule has 0 atom stereocenters. The standard InChI is InChI=1S/C19H15N3O/c23-19(21-11-10-20-14-21)17-13-22(12-15-6-2-1-3-7-15)18-9-5-4-8-16(17)18/h1-11,13-14H,12H2. The summed E-state index contributed by atoms with van der Waals surface area (Å²) in [6.07, 6.45) is 6.75. The maximum absolute atomic E-state index is 12.7. The lowest BCUT2D eigenvalue weighted by Gasteiger charge is -2.05. The molecule has 0 amide bonds. The first kappa shape index (κ1) is 13.5. The molecule has 112 valence electrons. The van der Waals surface area contributed by atoms with Crippen LogP contribution in [0.15, 0.2) is 79.5 Å². The zero-order valence-electron chi connectivity index (χ0n) is 12.5. The summed E-state index contributed by atoms with van der Waals surface area (Å²) in [5, 5.41) is 0.960. The van der Waals surface area contributed by atoms with E-state index in [1.165, 1.54) is 16.5 Å². The number of aromatic nitrogens is 3. The number of rotatable bonds is 3. The van der Waals surface area contributed by atoms with Gasteiger partial charge >= 0.3 is 0 Å². The summed E-state index contributed by atoms with van der Waals surface area (Å²) >= 11 is 0. The first-order valence-corrected chi connectivity index (χ1v) is 7.47. The van der Waals surface area contributed by atoms with E-state index in [0.29, 0.717) is 5.56 Å². The lowest BCUT2D eigenvalue weighted by molar-refractivity contribution is 0.0961. The van der Waals surface area contributed by atoms with Gasteiger partial charge in [-0.1, -0.05) is 48.5 Å². The molecule has 0 saturated carbocycles. The molecule has 0 unspecified atom stereocenters. The second-order valence-electron chi connectivity index (χ2n) is 5.45. The van der Waals surface area contributed by atoms with Crippen molar-refractivity contribution < 1.29 is 4.79 Å². The molecule has 4 aromatic rings. The van der Waals surface area contributed by atoms with Crippen molar-refractivity contribution in [1.29, 1.82) is 0 Å². The summed E-state index contributed by atoms with van der Waals surface area (Å²) in [4.78, 5) is 16.7. The Kier molecular flexibility index (Phi) is 3.27. The molecule has 0 saturated heterocycles. The van der Waals surface area contributed by atoms with Crippen LogP contribution in [0.4, 0.5) is 0 Å². The van der Waals surface area contributed by atoms with Gasteiger partial charge < -0.3 is 4.57 Å². The van der Waals surface area contributed by atoms with Gasteiger partial charge in [0.1, 0.15) is 6.33 Å². The fourth-order valence-electron chi connectivity index (χ4n) is 2.85. The highest BCUT2D eigenvalue weighted by atomic mass is 16.2. The second-order valence-corrected chi connectivity index (χ2v) is 5.45. The van der Waals surface area contributed by atoms with Crippen molar-refractivity contribution in [2.45, 2.75) is 6.54 Å². The van der Waals surface area contributed by atoms with Gasteiger partial charge in [0.15, 0.2) is 0 Å². The molecule has 2 aromatic carbocycles. The van der Waals surface area contributed by atoms with Crippen LogP contribution >= 0.6 is 0 Å². The molecule has 4 rings (SSSR count). The number of nitrogens with zero attached hydrogens (tertiary/aromatic N) is 3. The van der Waals surface area contributed by atoms with E-state index < -0.39 is 0 Å². The molecule has 0 aliphatic rings. The summed E-state index contributed by atoms with van der Waals surface area (Å²) < 4.78 is 3.63. The third-order valence-corrected chi connectivity index (χ3v) is 3.95. The Morgan fingerprint density at radius 3 is 2.57 bits per heavy atom. The topological polar surface area (TPSA) is 39.8 Å². The zero-order valence-corrected chi connectivity index (χ0v) is 12.5. The van der Waals surface area contributed by atoms with Crippen LogP contribution in [0.25, 0.3) is 10.9 Å². The lowest BCUT2D eigenvalue weighted by Crippen LogP contribution is -2.09. The van der Waals surface area contributed by atoms with E-state index in [4.69, 9.17) is 0 Å². The van der Waals surface area contributed by atoms with Crippen molar-refractivity contribution >= 4 is 16.8 Å². The molecule has 0 aliphatic carbocycles. The van der Waals surface area contributed by atoms with Crippen molar-refractivity contribution in [1.82, 2.24) is 14.1 Å². The third-order valence-electron chi connectivity index (χ3n) is 3.95. The minimum atomic E-state index is -0.0643. The van der Waals surface area contributed by atoms with Crippen LogP contribution < -0.4 is 0 Å². The maximum atomic E-state index is 12.7. The molecule has 0 fully saturated rings. The average molecular weight is 301 g/mol. The number of carbonyl (C=O) groups is 1. The second kappa shape index (κ2) is 5.57. The fraction of sp³-hybridized carbons (Fsp3) is 0.0526. The maximum Gasteiger partial charge on any atom is 0.265 e. The van der Waals surface area contributed by atoms with Crippen LogP contribution in [-0.4, -0.2) is 20.0 Å². The summed E-state index contributed by atoms with van der Waals surface area (Å²) in [6, 6.07) is 18.2. The van der Waals surface area contributed by atoms with E-state index in [-0.39, 0.29) is 5.91 Å². The monoisotopic (exact) mass is 301 g/mol. The first-order valence-electron chi connectivity index (χ1n) is 7.47. The molecular weight excluding hydrogens is 286 g/mol. The number of para-hydroxylation sites is 1. The molecule has 4 nitrogen and oxygen atoms in total. The summed E-state index contributed by atoms with van der Waals surface area (Å²) in [7, 11) is 0. The summed E-state index contributed by atoms with van der Waals surface area (Å²) in [5.41, 5.74) is 2.95. The van der Waals surface area contributed by atoms with Gasteiger partial charge in [-0.15, -0.1) is 0 Å². The minimum absolute atomic E-state index is 0.0643. The molecule has 0 spiro atoms. The highest BCUT2D eigenvalue weighted by Crippen LogP contribution is 2.23. The number of hydrogen-bond acceptors (Lipinski definition) is 2. The smallest absolute Gasteiger partial charge is 0.265 e. The predicted octanol–water partition coefficient (Wildman–Crippen LogP) is 3.57. The SMILES string of the molecule is O=C(c1cn(Cc2ccccc2)c2ccccc12)n1ccnc1. The molecule has 23 heavy (non-hydrogen) atoms. The molecule has 4 heteroatoms. The van der Waals surface area contributed by atoms with Crippen LogP contribution in [0.5, 0.6) is 0 Å². The van der Waals surface area contributed by atoms with Gasteiger partial charge in [0.25, 0.3) is 5.91 Å². The van der Waals surface area contributed by atoms with E-state index in [0.717, 1.165) is 17.4 Å². The fourth-order valence-corrected chi connectivity index (χ4v) is 2.85. The number of benzene rings is 2. The van der Waals surface area contributed by atoms with Crippen molar-refractivity contribution in [3.05, 3.63) is 90.6 Å². The highest BCUT2D eigenvalue weighted by Gasteiger charge is 2.16. The van der Waals surface area contributed by atoms with Crippen LogP contribution in [0.3, 0.4) is 0 Å². The van der Waals surface area contributed by atoms with Crippen molar-refractivity contribution in [2.75, 3.05) is 0 Å².